The van der Waals surface area contributed by atoms with Gasteiger partial charge >= 0.3 is 0 Å². The van der Waals surface area contributed by atoms with Crippen LogP contribution in [0.15, 0.2) is 18.2 Å². The number of hydrogen-bond acceptors (Lipinski definition) is 3. The van der Waals surface area contributed by atoms with Crippen LogP contribution >= 0.6 is 0 Å². The lowest BCUT2D eigenvalue weighted by molar-refractivity contribution is -0.121. The fraction of sp³-hybridized carbons (Fsp3) is 0.500. The monoisotopic (exact) mass is 247 g/mol. The lowest BCUT2D eigenvalue weighted by Gasteiger charge is -2.13. The van der Waals surface area contributed by atoms with Crippen LogP contribution in [0.3, 0.4) is 0 Å². The molecule has 1 heterocycles. The zero-order chi connectivity index (χ0) is 13.1. The third kappa shape index (κ3) is 3.01. The first kappa shape index (κ1) is 12.9. The maximum Gasteiger partial charge on any atom is 0.234 e. The van der Waals surface area contributed by atoms with Crippen LogP contribution in [0.5, 0.6) is 0 Å². The lowest BCUT2D eigenvalue weighted by Crippen LogP contribution is -2.32. The molecule has 1 N–H and O–H groups in total. The molecular formula is C14H21N3O. The van der Waals surface area contributed by atoms with Gasteiger partial charge in [0, 0.05) is 25.8 Å². The molecule has 1 aliphatic heterocycles. The molecule has 0 saturated heterocycles. The third-order valence-corrected chi connectivity index (χ3v) is 3.22. The number of nitrogens with one attached hydrogen (secondary N) is 1. The van der Waals surface area contributed by atoms with Crippen LogP contribution in [0.1, 0.15) is 11.1 Å². The zero-order valence-electron chi connectivity index (χ0n) is 11.4. The SMILES string of the molecule is CN(C)CC(=O)NCc1ccc2c(c1)CCN2C. The molecule has 0 radical (unpaired) electrons. The molecule has 4 heteroatoms. The number of likely N-dealkylation sites (N-methyl/N-ethyl adjacent to an activating group) is 2. The van der Waals surface area contributed by atoms with Crippen LogP contribution in [0.4, 0.5) is 5.69 Å². The van der Waals surface area contributed by atoms with E-state index in [4.69, 9.17) is 0 Å². The van der Waals surface area contributed by atoms with Crippen molar-refractivity contribution in [3.05, 3.63) is 29.3 Å². The Labute approximate surface area is 109 Å². The average Bonchev–Trinajstić information content (AvgIpc) is 2.67. The van der Waals surface area contributed by atoms with Gasteiger partial charge < -0.3 is 15.1 Å². The molecule has 0 bridgehead atoms. The summed E-state index contributed by atoms with van der Waals surface area (Å²) in [5.41, 5.74) is 3.88. The number of fused-ring (bicyclic) bond motifs is 1. The quantitative estimate of drug-likeness (QED) is 0.857. The summed E-state index contributed by atoms with van der Waals surface area (Å²) in [5, 5.41) is 2.94. The van der Waals surface area contributed by atoms with Crippen LogP contribution < -0.4 is 10.2 Å². The Morgan fingerprint density at radius 2 is 2.22 bits per heavy atom. The lowest BCUT2D eigenvalue weighted by atomic mass is 10.1. The second kappa shape index (κ2) is 5.40. The molecule has 0 fully saturated rings. The molecule has 0 unspecified atom stereocenters. The highest BCUT2D eigenvalue weighted by Gasteiger charge is 2.15. The molecule has 1 aromatic rings. The van der Waals surface area contributed by atoms with Crippen LogP contribution in [-0.2, 0) is 17.8 Å². The van der Waals surface area contributed by atoms with Crippen molar-refractivity contribution in [1.29, 1.82) is 0 Å². The molecule has 0 aromatic heterocycles. The summed E-state index contributed by atoms with van der Waals surface area (Å²) >= 11 is 0. The molecule has 98 valence electrons. The van der Waals surface area contributed by atoms with Crippen molar-refractivity contribution < 1.29 is 4.79 Å². The van der Waals surface area contributed by atoms with Crippen molar-refractivity contribution in [3.63, 3.8) is 0 Å². The molecule has 1 amide bonds. The van der Waals surface area contributed by atoms with E-state index in [-0.39, 0.29) is 5.91 Å². The van der Waals surface area contributed by atoms with E-state index in [0.717, 1.165) is 13.0 Å². The van der Waals surface area contributed by atoms with E-state index in [9.17, 15) is 4.79 Å². The van der Waals surface area contributed by atoms with E-state index in [1.54, 1.807) is 0 Å². The smallest absolute Gasteiger partial charge is 0.234 e. The molecule has 18 heavy (non-hydrogen) atoms. The van der Waals surface area contributed by atoms with Crippen LogP contribution in [0, 0.1) is 0 Å². The summed E-state index contributed by atoms with van der Waals surface area (Å²) in [5.74, 6) is 0.0672. The Morgan fingerprint density at radius 1 is 1.44 bits per heavy atom. The van der Waals surface area contributed by atoms with Gasteiger partial charge in [0.1, 0.15) is 0 Å². The van der Waals surface area contributed by atoms with E-state index >= 15 is 0 Å². The van der Waals surface area contributed by atoms with Gasteiger partial charge in [-0.2, -0.15) is 0 Å². The summed E-state index contributed by atoms with van der Waals surface area (Å²) in [6, 6.07) is 6.45. The Balaban J connectivity index is 1.93. The van der Waals surface area contributed by atoms with E-state index in [0.29, 0.717) is 13.1 Å². The summed E-state index contributed by atoms with van der Waals surface area (Å²) in [6.07, 6.45) is 1.10. The highest BCUT2D eigenvalue weighted by Crippen LogP contribution is 2.27. The van der Waals surface area contributed by atoms with Gasteiger partial charge in [-0.15, -0.1) is 0 Å². The fourth-order valence-corrected chi connectivity index (χ4v) is 2.27. The second-order valence-corrected chi connectivity index (χ2v) is 5.15. The summed E-state index contributed by atoms with van der Waals surface area (Å²) < 4.78 is 0. The van der Waals surface area contributed by atoms with Crippen LogP contribution in [0.2, 0.25) is 0 Å². The molecule has 0 saturated carbocycles. The second-order valence-electron chi connectivity index (χ2n) is 5.15. The minimum absolute atomic E-state index is 0.0672. The van der Waals surface area contributed by atoms with Crippen molar-refractivity contribution >= 4 is 11.6 Å². The maximum atomic E-state index is 11.6. The van der Waals surface area contributed by atoms with Crippen LogP contribution in [0.25, 0.3) is 0 Å². The highest BCUT2D eigenvalue weighted by molar-refractivity contribution is 5.78. The van der Waals surface area contributed by atoms with Gasteiger partial charge in [-0.05, 0) is 37.7 Å². The Hall–Kier alpha value is -1.55. The van der Waals surface area contributed by atoms with Crippen molar-refractivity contribution in [2.24, 2.45) is 0 Å². The first-order chi connectivity index (χ1) is 8.56. The minimum atomic E-state index is 0.0672. The van der Waals surface area contributed by atoms with Gasteiger partial charge in [0.25, 0.3) is 0 Å². The summed E-state index contributed by atoms with van der Waals surface area (Å²) in [6.45, 7) is 2.14. The predicted octanol–water partition coefficient (Wildman–Crippen LogP) is 0.857. The number of carbonyl (C=O) groups is 1. The van der Waals surface area contributed by atoms with Crippen molar-refractivity contribution in [1.82, 2.24) is 10.2 Å². The van der Waals surface area contributed by atoms with Crippen LogP contribution in [-0.4, -0.2) is 45.0 Å². The number of nitrogens with zero attached hydrogens (tertiary/aromatic N) is 2. The van der Waals surface area contributed by atoms with Gasteiger partial charge in [0.05, 0.1) is 6.54 Å². The van der Waals surface area contributed by atoms with Gasteiger partial charge in [-0.3, -0.25) is 4.79 Å². The van der Waals surface area contributed by atoms with Gasteiger partial charge in [-0.1, -0.05) is 12.1 Å². The molecule has 1 aliphatic rings. The first-order valence-electron chi connectivity index (χ1n) is 6.30. The van der Waals surface area contributed by atoms with Crippen molar-refractivity contribution in [2.45, 2.75) is 13.0 Å². The van der Waals surface area contributed by atoms with Gasteiger partial charge in [0.15, 0.2) is 0 Å². The Kier molecular flexibility index (Phi) is 3.87. The molecule has 0 spiro atoms. The number of rotatable bonds is 4. The molecule has 1 aromatic carbocycles. The fourth-order valence-electron chi connectivity index (χ4n) is 2.27. The summed E-state index contributed by atoms with van der Waals surface area (Å²) in [7, 11) is 5.90. The number of carbonyl (C=O) groups excluding carboxylic acids is 1. The molecule has 2 rings (SSSR count). The number of hydrogen-bond donors (Lipinski definition) is 1. The van der Waals surface area contributed by atoms with Crippen molar-refractivity contribution in [3.8, 4) is 0 Å². The number of benzene rings is 1. The predicted molar refractivity (Wildman–Crippen MR) is 73.8 cm³/mol. The van der Waals surface area contributed by atoms with Crippen molar-refractivity contribution in [2.75, 3.05) is 39.1 Å². The third-order valence-electron chi connectivity index (χ3n) is 3.22. The Bertz CT molecular complexity index is 443. The van der Waals surface area contributed by atoms with E-state index in [1.165, 1.54) is 16.8 Å². The number of amides is 1. The van der Waals surface area contributed by atoms with E-state index < -0.39 is 0 Å². The summed E-state index contributed by atoms with van der Waals surface area (Å²) in [4.78, 5) is 15.7. The molecule has 0 atom stereocenters. The van der Waals surface area contributed by atoms with E-state index in [1.807, 2.05) is 19.0 Å². The standard InChI is InChI=1S/C14H21N3O/c1-16(2)10-14(18)15-9-11-4-5-13-12(8-11)6-7-17(13)3/h4-5,8H,6-7,9-10H2,1-3H3,(H,15,18). The molecule has 4 nitrogen and oxygen atoms in total. The molecular weight excluding hydrogens is 226 g/mol. The average molecular weight is 247 g/mol. The maximum absolute atomic E-state index is 11.6. The number of anilines is 1. The van der Waals surface area contributed by atoms with E-state index in [2.05, 4.69) is 35.5 Å². The molecule has 0 aliphatic carbocycles. The zero-order valence-corrected chi connectivity index (χ0v) is 11.4. The largest absolute Gasteiger partial charge is 0.374 e. The van der Waals surface area contributed by atoms with Gasteiger partial charge in [0.2, 0.25) is 5.91 Å². The highest BCUT2D eigenvalue weighted by atomic mass is 16.1. The minimum Gasteiger partial charge on any atom is -0.374 e. The van der Waals surface area contributed by atoms with Gasteiger partial charge in [-0.25, -0.2) is 0 Å². The topological polar surface area (TPSA) is 35.6 Å². The Morgan fingerprint density at radius 3 is 2.94 bits per heavy atom. The first-order valence-corrected chi connectivity index (χ1v) is 6.30. The normalized spacial score (nSPS) is 13.9.